The van der Waals surface area contributed by atoms with Crippen LogP contribution in [0.15, 0.2) is 42.5 Å². The van der Waals surface area contributed by atoms with E-state index in [0.717, 1.165) is 18.4 Å². The number of amides is 1. The molecular weight excluding hydrogens is 410 g/mol. The number of carbonyl (C=O) groups excluding carboxylic acids is 1. The van der Waals surface area contributed by atoms with Crippen molar-refractivity contribution in [1.29, 1.82) is 0 Å². The molecule has 1 amide bonds. The van der Waals surface area contributed by atoms with Gasteiger partial charge < -0.3 is 24.6 Å². The molecule has 5 rings (SSSR count). The average molecular weight is 435 g/mol. The normalized spacial score (nSPS) is 20.0. The van der Waals surface area contributed by atoms with Gasteiger partial charge in [0.15, 0.2) is 11.5 Å². The summed E-state index contributed by atoms with van der Waals surface area (Å²) in [5, 5.41) is 27.9. The van der Waals surface area contributed by atoms with Gasteiger partial charge in [0.25, 0.3) is 5.91 Å². The van der Waals surface area contributed by atoms with Crippen LogP contribution >= 0.6 is 0 Å². The smallest absolute Gasteiger partial charge is 0.273 e. The van der Waals surface area contributed by atoms with Gasteiger partial charge in [0.05, 0.1) is 18.8 Å². The third kappa shape index (κ3) is 3.36. The molecule has 0 spiro atoms. The van der Waals surface area contributed by atoms with Crippen LogP contribution in [0.5, 0.6) is 17.2 Å². The van der Waals surface area contributed by atoms with Crippen molar-refractivity contribution in [3.63, 3.8) is 0 Å². The molecule has 8 heteroatoms. The van der Waals surface area contributed by atoms with Crippen LogP contribution in [-0.4, -0.2) is 57.1 Å². The number of hydrogen-bond acceptors (Lipinski definition) is 6. The van der Waals surface area contributed by atoms with Crippen LogP contribution in [0.25, 0.3) is 11.3 Å². The van der Waals surface area contributed by atoms with Crippen LogP contribution in [0.1, 0.15) is 47.4 Å². The highest BCUT2D eigenvalue weighted by Crippen LogP contribution is 2.46. The number of nitrogens with zero attached hydrogens (tertiary/aromatic N) is 2. The predicted octanol–water partition coefficient (Wildman–Crippen LogP) is 3.61. The molecule has 1 aromatic heterocycles. The number of H-pyrrole nitrogens is 1. The van der Waals surface area contributed by atoms with E-state index in [1.165, 1.54) is 0 Å². The molecule has 0 saturated carbocycles. The quantitative estimate of drug-likeness (QED) is 0.546. The number of rotatable bonds is 6. The number of para-hydroxylation sites is 1. The Kier molecular flexibility index (Phi) is 5.22. The number of phenols is 2. The third-order valence-corrected chi connectivity index (χ3v) is 6.05. The lowest BCUT2D eigenvalue weighted by Crippen LogP contribution is -2.36. The number of phenolic OH excluding ortho intramolecular Hbond substituents is 2. The zero-order valence-corrected chi connectivity index (χ0v) is 17.7. The Morgan fingerprint density at radius 1 is 1.22 bits per heavy atom. The van der Waals surface area contributed by atoms with Crippen molar-refractivity contribution in [1.82, 2.24) is 15.1 Å². The van der Waals surface area contributed by atoms with Crippen LogP contribution < -0.4 is 4.74 Å². The predicted molar refractivity (Wildman–Crippen MR) is 117 cm³/mol. The van der Waals surface area contributed by atoms with Crippen LogP contribution in [-0.2, 0) is 4.74 Å². The number of benzene rings is 2. The first kappa shape index (κ1) is 20.4. The summed E-state index contributed by atoms with van der Waals surface area (Å²) in [5.41, 5.74) is 2.96. The maximum Gasteiger partial charge on any atom is 0.273 e. The monoisotopic (exact) mass is 435 g/mol. The van der Waals surface area contributed by atoms with E-state index in [0.29, 0.717) is 48.0 Å². The van der Waals surface area contributed by atoms with Gasteiger partial charge in [-0.15, -0.1) is 0 Å². The standard InChI is InChI=1S/C24H25N3O5/c1-2-31-19-12-14(9-10-18(19)29)23-20-21(16-7-3-4-8-17(16)28)25-26-22(20)24(30)27(23)13-15-6-5-11-32-15/h3-4,7-10,12,15,23,28-29H,2,5-6,11,13H2,1H3,(H,25,26)/t15-,23-/m1/s1. The molecule has 1 fully saturated rings. The molecule has 166 valence electrons. The van der Waals surface area contributed by atoms with Gasteiger partial charge in [0.2, 0.25) is 0 Å². The highest BCUT2D eigenvalue weighted by atomic mass is 16.5. The molecule has 32 heavy (non-hydrogen) atoms. The van der Waals surface area contributed by atoms with Crippen LogP contribution in [0.4, 0.5) is 0 Å². The number of aromatic nitrogens is 2. The van der Waals surface area contributed by atoms with Gasteiger partial charge in [-0.25, -0.2) is 0 Å². The SMILES string of the molecule is CCOc1cc([C@@H]2c3c(-c4ccccc4O)n[nH]c3C(=O)N2C[C@H]2CCCO2)ccc1O. The fraction of sp³-hybridized carbons (Fsp3) is 0.333. The van der Waals surface area contributed by atoms with Gasteiger partial charge in [-0.1, -0.05) is 18.2 Å². The van der Waals surface area contributed by atoms with Crippen molar-refractivity contribution >= 4 is 5.91 Å². The van der Waals surface area contributed by atoms with Gasteiger partial charge >= 0.3 is 0 Å². The number of nitrogens with one attached hydrogen (secondary N) is 1. The molecule has 2 aromatic carbocycles. The zero-order valence-electron chi connectivity index (χ0n) is 17.7. The van der Waals surface area contributed by atoms with Crippen molar-refractivity contribution in [3.8, 4) is 28.5 Å². The Hall–Kier alpha value is -3.52. The van der Waals surface area contributed by atoms with E-state index < -0.39 is 6.04 Å². The second-order valence-corrected chi connectivity index (χ2v) is 8.03. The van der Waals surface area contributed by atoms with Gasteiger partial charge in [-0.05, 0) is 49.6 Å². The van der Waals surface area contributed by atoms with E-state index >= 15 is 0 Å². The molecule has 0 bridgehead atoms. The van der Waals surface area contributed by atoms with Crippen molar-refractivity contribution in [2.45, 2.75) is 31.9 Å². The fourth-order valence-electron chi connectivity index (χ4n) is 4.59. The molecule has 3 N–H and O–H groups in total. The van der Waals surface area contributed by atoms with Crippen molar-refractivity contribution in [3.05, 3.63) is 59.3 Å². The first-order valence-corrected chi connectivity index (χ1v) is 10.8. The topological polar surface area (TPSA) is 108 Å². The molecule has 3 heterocycles. The second kappa shape index (κ2) is 8.20. The molecule has 2 aliphatic heterocycles. The van der Waals surface area contributed by atoms with E-state index in [4.69, 9.17) is 9.47 Å². The fourth-order valence-corrected chi connectivity index (χ4v) is 4.59. The van der Waals surface area contributed by atoms with Gasteiger partial charge in [0.1, 0.15) is 17.1 Å². The molecule has 8 nitrogen and oxygen atoms in total. The van der Waals surface area contributed by atoms with Crippen molar-refractivity contribution < 1.29 is 24.5 Å². The summed E-state index contributed by atoms with van der Waals surface area (Å²) in [6.45, 7) is 3.39. The average Bonchev–Trinajstić information content (AvgIpc) is 3.50. The Labute approximate surface area is 185 Å². The number of hydrogen-bond donors (Lipinski definition) is 3. The lowest BCUT2D eigenvalue weighted by Gasteiger charge is -2.29. The molecule has 3 aromatic rings. The number of ether oxygens (including phenoxy) is 2. The number of aromatic hydroxyl groups is 2. The summed E-state index contributed by atoms with van der Waals surface area (Å²) in [6.07, 6.45) is 1.84. The maximum absolute atomic E-state index is 13.4. The molecule has 2 atom stereocenters. The van der Waals surface area contributed by atoms with Gasteiger partial charge in [-0.2, -0.15) is 5.10 Å². The summed E-state index contributed by atoms with van der Waals surface area (Å²) in [5.74, 6) is 0.321. The highest BCUT2D eigenvalue weighted by Gasteiger charge is 2.43. The Morgan fingerprint density at radius 2 is 2.06 bits per heavy atom. The van der Waals surface area contributed by atoms with Crippen molar-refractivity contribution in [2.75, 3.05) is 19.8 Å². The summed E-state index contributed by atoms with van der Waals surface area (Å²) >= 11 is 0. The summed E-state index contributed by atoms with van der Waals surface area (Å²) in [7, 11) is 0. The van der Waals surface area contributed by atoms with Crippen molar-refractivity contribution in [2.24, 2.45) is 0 Å². The van der Waals surface area contributed by atoms with Gasteiger partial charge in [-0.3, -0.25) is 9.89 Å². The van der Waals surface area contributed by atoms with Crippen LogP contribution in [0, 0.1) is 0 Å². The largest absolute Gasteiger partial charge is 0.507 e. The Morgan fingerprint density at radius 3 is 2.81 bits per heavy atom. The highest BCUT2D eigenvalue weighted by molar-refractivity contribution is 6.00. The second-order valence-electron chi connectivity index (χ2n) is 8.03. The van der Waals surface area contributed by atoms with E-state index in [1.807, 2.05) is 13.0 Å². The van der Waals surface area contributed by atoms with Crippen LogP contribution in [0.3, 0.4) is 0 Å². The summed E-state index contributed by atoms with van der Waals surface area (Å²) in [4.78, 5) is 15.2. The first-order chi connectivity index (χ1) is 15.6. The Bertz CT molecular complexity index is 1150. The number of aromatic amines is 1. The van der Waals surface area contributed by atoms with Gasteiger partial charge in [0, 0.05) is 24.3 Å². The van der Waals surface area contributed by atoms with Crippen LogP contribution in [0.2, 0.25) is 0 Å². The number of fused-ring (bicyclic) bond motifs is 1. The molecule has 0 radical (unpaired) electrons. The number of carbonyl (C=O) groups is 1. The minimum atomic E-state index is -0.463. The minimum absolute atomic E-state index is 0.0320. The molecule has 2 aliphatic rings. The zero-order chi connectivity index (χ0) is 22.2. The van der Waals surface area contributed by atoms with E-state index in [-0.39, 0.29) is 23.5 Å². The third-order valence-electron chi connectivity index (χ3n) is 6.05. The van der Waals surface area contributed by atoms with E-state index in [2.05, 4.69) is 10.2 Å². The lowest BCUT2D eigenvalue weighted by molar-refractivity contribution is 0.0495. The molecule has 1 saturated heterocycles. The lowest BCUT2D eigenvalue weighted by atomic mass is 9.95. The maximum atomic E-state index is 13.4. The molecule has 0 unspecified atom stereocenters. The summed E-state index contributed by atoms with van der Waals surface area (Å²) in [6, 6.07) is 11.6. The molecular formula is C24H25N3O5. The summed E-state index contributed by atoms with van der Waals surface area (Å²) < 4.78 is 11.4. The minimum Gasteiger partial charge on any atom is -0.507 e. The Balaban J connectivity index is 1.65. The van der Waals surface area contributed by atoms with E-state index in [9.17, 15) is 15.0 Å². The first-order valence-electron chi connectivity index (χ1n) is 10.8. The van der Waals surface area contributed by atoms with E-state index in [1.54, 1.807) is 41.3 Å². The molecule has 0 aliphatic carbocycles.